The van der Waals surface area contributed by atoms with Gasteiger partial charge in [0.25, 0.3) is 0 Å². The predicted molar refractivity (Wildman–Crippen MR) is 72.6 cm³/mol. The van der Waals surface area contributed by atoms with E-state index in [2.05, 4.69) is 5.18 Å². The van der Waals surface area contributed by atoms with Crippen LogP contribution in [-0.4, -0.2) is 83.2 Å². The molecule has 0 aliphatic heterocycles. The van der Waals surface area contributed by atoms with E-state index in [1.165, 1.54) is 9.80 Å². The Bertz CT molecular complexity index is 373. The van der Waals surface area contributed by atoms with E-state index in [-0.39, 0.29) is 45.3 Å². The number of carboxylic acids is 2. The summed E-state index contributed by atoms with van der Waals surface area (Å²) in [6.45, 7) is 0.906. The smallest absolute Gasteiger partial charge is 0.317 e. The Labute approximate surface area is 121 Å². The molecule has 1 amide bonds. The quantitative estimate of drug-likeness (QED) is 0.364. The van der Waals surface area contributed by atoms with Crippen LogP contribution in [0.15, 0.2) is 5.18 Å². The van der Waals surface area contributed by atoms with E-state index in [4.69, 9.17) is 15.9 Å². The number of hydrogen-bond acceptors (Lipinski definition) is 7. The van der Waals surface area contributed by atoms with Crippen LogP contribution < -0.4 is 5.73 Å². The first kappa shape index (κ1) is 18.9. The summed E-state index contributed by atoms with van der Waals surface area (Å²) in [6, 6.07) is -0.387. The van der Waals surface area contributed by atoms with Gasteiger partial charge in [-0.25, -0.2) is 0 Å². The van der Waals surface area contributed by atoms with E-state index in [1.54, 1.807) is 6.92 Å². The van der Waals surface area contributed by atoms with Gasteiger partial charge in [0.15, 0.2) is 0 Å². The molecule has 10 nitrogen and oxygen atoms in total. The minimum absolute atomic E-state index is 0.0770. The first-order chi connectivity index (χ1) is 9.76. The molecule has 0 heterocycles. The Morgan fingerprint density at radius 1 is 1.14 bits per heavy atom. The summed E-state index contributed by atoms with van der Waals surface area (Å²) in [5, 5.41) is 20.3. The highest BCUT2D eigenvalue weighted by Gasteiger charge is 2.21. The van der Waals surface area contributed by atoms with Crippen LogP contribution >= 0.6 is 0 Å². The van der Waals surface area contributed by atoms with Crippen LogP contribution in [0.25, 0.3) is 0 Å². The Hall–Kier alpha value is -2.07. The fourth-order valence-electron chi connectivity index (χ4n) is 1.88. The van der Waals surface area contributed by atoms with Crippen molar-refractivity contribution in [1.82, 2.24) is 9.80 Å². The highest BCUT2D eigenvalue weighted by Crippen LogP contribution is 2.03. The average molecular weight is 304 g/mol. The van der Waals surface area contributed by atoms with E-state index in [0.717, 1.165) is 0 Å². The lowest BCUT2D eigenvalue weighted by Gasteiger charge is -2.30. The summed E-state index contributed by atoms with van der Waals surface area (Å²) in [4.78, 5) is 45.4. The zero-order valence-corrected chi connectivity index (χ0v) is 11.8. The van der Waals surface area contributed by atoms with Crippen molar-refractivity contribution >= 4 is 17.8 Å². The first-order valence-electron chi connectivity index (χ1n) is 6.23. The fraction of sp³-hybridized carbons (Fsp3) is 0.727. The predicted octanol–water partition coefficient (Wildman–Crippen LogP) is -1.60. The molecule has 0 radical (unpaired) electrons. The monoisotopic (exact) mass is 304 g/mol. The molecule has 1 atom stereocenters. The highest BCUT2D eigenvalue weighted by molar-refractivity contribution is 5.77. The van der Waals surface area contributed by atoms with E-state index in [9.17, 15) is 19.3 Å². The Morgan fingerprint density at radius 3 is 2.14 bits per heavy atom. The SMILES string of the molecule is C[C@@H](CN(CC(N)=O)CC(=O)O)N(CCN=O)CC(=O)O. The molecular formula is C11H20N4O6. The number of aliphatic carboxylic acids is 2. The van der Waals surface area contributed by atoms with E-state index < -0.39 is 17.8 Å². The summed E-state index contributed by atoms with van der Waals surface area (Å²) in [5.41, 5.74) is 5.04. The summed E-state index contributed by atoms with van der Waals surface area (Å²) >= 11 is 0. The highest BCUT2D eigenvalue weighted by atomic mass is 16.4. The second-order valence-corrected chi connectivity index (χ2v) is 4.60. The maximum Gasteiger partial charge on any atom is 0.317 e. The third-order valence-electron chi connectivity index (χ3n) is 2.70. The van der Waals surface area contributed by atoms with Crippen LogP contribution in [0.5, 0.6) is 0 Å². The number of carbonyl (C=O) groups is 3. The van der Waals surface area contributed by atoms with Crippen molar-refractivity contribution in [2.75, 3.05) is 39.3 Å². The molecule has 0 saturated carbocycles. The summed E-state index contributed by atoms with van der Waals surface area (Å²) in [5.74, 6) is -2.88. The molecule has 10 heteroatoms. The van der Waals surface area contributed by atoms with Crippen molar-refractivity contribution in [3.63, 3.8) is 0 Å². The number of hydrogen-bond donors (Lipinski definition) is 3. The van der Waals surface area contributed by atoms with Gasteiger partial charge in [0.1, 0.15) is 0 Å². The number of carboxylic acid groups (broad SMARTS) is 2. The molecule has 0 aliphatic carbocycles. The molecular weight excluding hydrogens is 284 g/mol. The number of carbonyl (C=O) groups excluding carboxylic acids is 1. The molecule has 0 aliphatic rings. The lowest BCUT2D eigenvalue weighted by atomic mass is 10.2. The molecule has 0 aromatic heterocycles. The summed E-state index contributed by atoms with van der Waals surface area (Å²) in [6.07, 6.45) is 0. The molecule has 0 bridgehead atoms. The fourth-order valence-corrected chi connectivity index (χ4v) is 1.88. The van der Waals surface area contributed by atoms with Gasteiger partial charge in [0, 0.05) is 19.1 Å². The molecule has 0 unspecified atom stereocenters. The largest absolute Gasteiger partial charge is 0.480 e. The van der Waals surface area contributed by atoms with Crippen LogP contribution in [0.3, 0.4) is 0 Å². The van der Waals surface area contributed by atoms with Crippen molar-refractivity contribution in [2.45, 2.75) is 13.0 Å². The van der Waals surface area contributed by atoms with Gasteiger partial charge in [0.2, 0.25) is 5.91 Å². The zero-order chi connectivity index (χ0) is 16.4. The van der Waals surface area contributed by atoms with Gasteiger partial charge in [-0.1, -0.05) is 5.18 Å². The minimum atomic E-state index is -1.12. The number of amides is 1. The minimum Gasteiger partial charge on any atom is -0.480 e. The van der Waals surface area contributed by atoms with Crippen LogP contribution in [0.1, 0.15) is 6.92 Å². The number of nitroso groups, excluding NO2 is 1. The molecule has 120 valence electrons. The molecule has 21 heavy (non-hydrogen) atoms. The molecule has 4 N–H and O–H groups in total. The average Bonchev–Trinajstić information content (AvgIpc) is 2.31. The lowest BCUT2D eigenvalue weighted by Crippen LogP contribution is -2.48. The van der Waals surface area contributed by atoms with Gasteiger partial charge < -0.3 is 15.9 Å². The molecule has 0 aromatic rings. The van der Waals surface area contributed by atoms with Gasteiger partial charge in [-0.15, -0.1) is 0 Å². The maximum absolute atomic E-state index is 10.9. The van der Waals surface area contributed by atoms with Crippen LogP contribution in [0.2, 0.25) is 0 Å². The standard InChI is InChI=1S/C11H20N4O6/c1-8(15(3-2-13-21)7-11(19)20)4-14(5-9(12)16)6-10(17)18/h8H,2-7H2,1H3,(H2,12,16)(H,17,18)(H,19,20)/t8-/m0/s1. The number of nitrogens with two attached hydrogens (primary N) is 1. The molecule has 0 saturated heterocycles. The molecule has 0 aromatic carbocycles. The van der Waals surface area contributed by atoms with Gasteiger partial charge in [-0.2, -0.15) is 4.91 Å². The van der Waals surface area contributed by atoms with Crippen molar-refractivity contribution in [3.8, 4) is 0 Å². The number of primary amides is 1. The molecule has 0 spiro atoms. The number of nitrogens with zero attached hydrogens (tertiary/aromatic N) is 3. The number of rotatable bonds is 12. The van der Waals surface area contributed by atoms with E-state index in [0.29, 0.717) is 0 Å². The summed E-state index contributed by atoms with van der Waals surface area (Å²) in [7, 11) is 0. The first-order valence-corrected chi connectivity index (χ1v) is 6.23. The van der Waals surface area contributed by atoms with Crippen LogP contribution in [0, 0.1) is 4.91 Å². The van der Waals surface area contributed by atoms with Crippen molar-refractivity contribution in [3.05, 3.63) is 4.91 Å². The van der Waals surface area contributed by atoms with Gasteiger partial charge in [-0.3, -0.25) is 24.2 Å². The Kier molecular flexibility index (Phi) is 8.81. The Balaban J connectivity index is 4.72. The van der Waals surface area contributed by atoms with Crippen LogP contribution in [-0.2, 0) is 14.4 Å². The second kappa shape index (κ2) is 9.77. The molecule has 0 fully saturated rings. The van der Waals surface area contributed by atoms with E-state index in [1.807, 2.05) is 0 Å². The second-order valence-electron chi connectivity index (χ2n) is 4.60. The third-order valence-corrected chi connectivity index (χ3v) is 2.70. The van der Waals surface area contributed by atoms with Crippen molar-refractivity contribution < 1.29 is 24.6 Å². The zero-order valence-electron chi connectivity index (χ0n) is 11.8. The van der Waals surface area contributed by atoms with Gasteiger partial charge in [-0.05, 0) is 6.92 Å². The third kappa shape index (κ3) is 9.46. The van der Waals surface area contributed by atoms with Crippen LogP contribution in [0.4, 0.5) is 0 Å². The maximum atomic E-state index is 10.9. The van der Waals surface area contributed by atoms with Gasteiger partial charge in [0.05, 0.1) is 26.2 Å². The Morgan fingerprint density at radius 2 is 1.71 bits per heavy atom. The normalized spacial score (nSPS) is 12.3. The van der Waals surface area contributed by atoms with Crippen molar-refractivity contribution in [2.24, 2.45) is 10.9 Å². The lowest BCUT2D eigenvalue weighted by molar-refractivity contribution is -0.141. The topological polar surface area (TPSA) is 154 Å². The summed E-state index contributed by atoms with van der Waals surface area (Å²) < 4.78 is 0. The molecule has 0 rings (SSSR count). The van der Waals surface area contributed by atoms with Gasteiger partial charge >= 0.3 is 11.9 Å². The van der Waals surface area contributed by atoms with E-state index >= 15 is 0 Å². The van der Waals surface area contributed by atoms with Crippen molar-refractivity contribution in [1.29, 1.82) is 0 Å².